The summed E-state index contributed by atoms with van der Waals surface area (Å²) < 4.78 is 33.0. The summed E-state index contributed by atoms with van der Waals surface area (Å²) in [4.78, 5) is 18.3. The number of carbonyl (C=O) groups is 1. The number of rotatable bonds is 3. The number of hydrogen-bond donors (Lipinski definition) is 0. The number of fused-ring (bicyclic) bond motifs is 2. The predicted octanol–water partition coefficient (Wildman–Crippen LogP) is 1.84. The normalized spacial score (nSPS) is 18.5. The number of nitrogens with zero attached hydrogens (tertiary/aromatic N) is 3. The van der Waals surface area contributed by atoms with Crippen LogP contribution in [-0.4, -0.2) is 42.4 Å². The molecule has 0 aliphatic carbocycles. The summed E-state index contributed by atoms with van der Waals surface area (Å²) >= 11 is 1.48. The van der Waals surface area contributed by atoms with Gasteiger partial charge in [-0.1, -0.05) is 12.1 Å². The standard InChI is InChI=1S/C16H13N3O4S2/c20-16(23-10-15-17-12-3-1-2-4-13(12)24-15)11-5-6-14-18-25(21,22)8-7-19(14)9-11/h1-6,9H,7-8,10H2. The molecule has 4 rings (SSSR count). The zero-order valence-electron chi connectivity index (χ0n) is 13.0. The average molecular weight is 375 g/mol. The van der Waals surface area contributed by atoms with Crippen LogP contribution in [0.4, 0.5) is 0 Å². The Hall–Kier alpha value is -2.52. The highest BCUT2D eigenvalue weighted by Crippen LogP contribution is 2.23. The van der Waals surface area contributed by atoms with E-state index < -0.39 is 16.0 Å². The molecule has 1 aromatic heterocycles. The van der Waals surface area contributed by atoms with Crippen LogP contribution in [0.15, 0.2) is 52.6 Å². The molecule has 7 nitrogen and oxygen atoms in total. The van der Waals surface area contributed by atoms with Gasteiger partial charge in [0.2, 0.25) is 0 Å². The van der Waals surface area contributed by atoms with E-state index in [1.54, 1.807) is 11.1 Å². The second kappa shape index (κ2) is 6.08. The van der Waals surface area contributed by atoms with Crippen LogP contribution in [0.2, 0.25) is 0 Å². The number of aromatic nitrogens is 1. The van der Waals surface area contributed by atoms with Gasteiger partial charge < -0.3 is 9.64 Å². The third-order valence-corrected chi connectivity index (χ3v) is 5.90. The molecule has 9 heteroatoms. The average Bonchev–Trinajstić information content (AvgIpc) is 3.01. The first kappa shape index (κ1) is 16.0. The number of sulfonamides is 1. The molecule has 128 valence electrons. The summed E-state index contributed by atoms with van der Waals surface area (Å²) in [6.45, 7) is 0.360. The Kier molecular flexibility index (Phi) is 3.89. The molecule has 25 heavy (non-hydrogen) atoms. The number of ether oxygens (including phenoxy) is 1. The molecular formula is C16H13N3O4S2. The van der Waals surface area contributed by atoms with E-state index >= 15 is 0 Å². The molecule has 2 aromatic rings. The third kappa shape index (κ3) is 3.33. The first-order chi connectivity index (χ1) is 12.0. The quantitative estimate of drug-likeness (QED) is 0.761. The van der Waals surface area contributed by atoms with Crippen LogP contribution in [0, 0.1) is 0 Å². The lowest BCUT2D eigenvalue weighted by Gasteiger charge is -2.26. The van der Waals surface area contributed by atoms with E-state index in [9.17, 15) is 13.2 Å². The summed E-state index contributed by atoms with van der Waals surface area (Å²) in [5.74, 6) is -0.244. The van der Waals surface area contributed by atoms with Gasteiger partial charge in [-0.3, -0.25) is 0 Å². The molecule has 0 N–H and O–H groups in total. The topological polar surface area (TPSA) is 88.9 Å². The Bertz CT molecular complexity index is 1020. The number of thiazole rings is 1. The molecule has 0 fully saturated rings. The largest absolute Gasteiger partial charge is 0.455 e. The van der Waals surface area contributed by atoms with Gasteiger partial charge in [-0.05, 0) is 24.3 Å². The summed E-state index contributed by atoms with van der Waals surface area (Å²) in [5.41, 5.74) is 1.23. The minimum atomic E-state index is -3.41. The molecule has 0 spiro atoms. The van der Waals surface area contributed by atoms with E-state index in [1.807, 2.05) is 24.3 Å². The van der Waals surface area contributed by atoms with Crippen LogP contribution in [0.1, 0.15) is 5.01 Å². The van der Waals surface area contributed by atoms with Crippen LogP contribution in [0.5, 0.6) is 0 Å². The number of carbonyl (C=O) groups excluding carboxylic acids is 1. The number of para-hydroxylation sites is 1. The maximum absolute atomic E-state index is 12.2. The van der Waals surface area contributed by atoms with Crippen molar-refractivity contribution in [1.82, 2.24) is 9.88 Å². The van der Waals surface area contributed by atoms with Crippen molar-refractivity contribution in [2.75, 3.05) is 12.3 Å². The first-order valence-corrected chi connectivity index (χ1v) is 9.93. The summed E-state index contributed by atoms with van der Waals surface area (Å²) in [6, 6.07) is 7.73. The van der Waals surface area contributed by atoms with Crippen molar-refractivity contribution in [2.45, 2.75) is 6.61 Å². The maximum Gasteiger partial charge on any atom is 0.340 e. The van der Waals surface area contributed by atoms with Crippen molar-refractivity contribution in [1.29, 1.82) is 0 Å². The van der Waals surface area contributed by atoms with Gasteiger partial charge in [0.25, 0.3) is 10.0 Å². The minimum Gasteiger partial charge on any atom is -0.455 e. The lowest BCUT2D eigenvalue weighted by atomic mass is 10.2. The molecule has 0 saturated carbocycles. The fraction of sp³-hybridized carbons (Fsp3) is 0.188. The van der Waals surface area contributed by atoms with Crippen LogP contribution in [0.25, 0.3) is 10.2 Å². The van der Waals surface area contributed by atoms with E-state index in [4.69, 9.17) is 4.74 Å². The molecule has 3 heterocycles. The van der Waals surface area contributed by atoms with Crippen LogP contribution in [-0.2, 0) is 26.2 Å². The summed E-state index contributed by atoms with van der Waals surface area (Å²) in [5, 5.41) is 0.723. The van der Waals surface area contributed by atoms with E-state index in [0.29, 0.717) is 11.4 Å². The smallest absolute Gasteiger partial charge is 0.340 e. The lowest BCUT2D eigenvalue weighted by Crippen LogP contribution is -2.37. The van der Waals surface area contributed by atoms with Crippen molar-refractivity contribution in [3.05, 3.63) is 53.2 Å². The van der Waals surface area contributed by atoms with Crippen molar-refractivity contribution in [2.24, 2.45) is 4.40 Å². The van der Waals surface area contributed by atoms with Crippen LogP contribution in [0.3, 0.4) is 0 Å². The summed E-state index contributed by atoms with van der Waals surface area (Å²) in [6.07, 6.45) is 4.58. The van der Waals surface area contributed by atoms with Gasteiger partial charge in [-0.25, -0.2) is 18.2 Å². The molecule has 0 bridgehead atoms. The monoisotopic (exact) mass is 375 g/mol. The molecule has 0 radical (unpaired) electrons. The first-order valence-electron chi connectivity index (χ1n) is 7.51. The zero-order chi connectivity index (χ0) is 17.4. The van der Waals surface area contributed by atoms with E-state index in [2.05, 4.69) is 9.38 Å². The lowest BCUT2D eigenvalue weighted by molar-refractivity contribution is -0.139. The Morgan fingerprint density at radius 1 is 1.28 bits per heavy atom. The highest BCUT2D eigenvalue weighted by atomic mass is 32.2. The molecule has 2 aliphatic rings. The number of hydrogen-bond acceptors (Lipinski definition) is 7. The zero-order valence-corrected chi connectivity index (χ0v) is 14.6. The molecule has 0 saturated heterocycles. The SMILES string of the molecule is O=C(OCc1nc2ccccc2s1)C1=CN2CCS(=O)(=O)N=C2C=C1. The number of amidine groups is 1. The molecule has 0 atom stereocenters. The molecular weight excluding hydrogens is 362 g/mol. The van der Waals surface area contributed by atoms with Gasteiger partial charge >= 0.3 is 5.97 Å². The van der Waals surface area contributed by atoms with E-state index in [-0.39, 0.29) is 18.9 Å². The minimum absolute atomic E-state index is 0.0745. The van der Waals surface area contributed by atoms with Crippen molar-refractivity contribution >= 4 is 43.4 Å². The molecule has 2 aliphatic heterocycles. The van der Waals surface area contributed by atoms with Crippen LogP contribution < -0.4 is 0 Å². The van der Waals surface area contributed by atoms with Gasteiger partial charge in [-0.2, -0.15) is 0 Å². The Morgan fingerprint density at radius 2 is 2.12 bits per heavy atom. The summed E-state index contributed by atoms with van der Waals surface area (Å²) in [7, 11) is -3.41. The molecule has 0 unspecified atom stereocenters. The van der Waals surface area contributed by atoms with Crippen molar-refractivity contribution < 1.29 is 17.9 Å². The number of benzene rings is 1. The van der Waals surface area contributed by atoms with Gasteiger partial charge in [0.15, 0.2) is 0 Å². The van der Waals surface area contributed by atoms with Crippen molar-refractivity contribution in [3.63, 3.8) is 0 Å². The Morgan fingerprint density at radius 3 is 2.96 bits per heavy atom. The Labute approximate surface area is 148 Å². The van der Waals surface area contributed by atoms with E-state index in [0.717, 1.165) is 15.2 Å². The van der Waals surface area contributed by atoms with Gasteiger partial charge in [0.05, 0.1) is 21.5 Å². The third-order valence-electron chi connectivity index (χ3n) is 3.72. The number of esters is 1. The highest BCUT2D eigenvalue weighted by molar-refractivity contribution is 7.90. The highest BCUT2D eigenvalue weighted by Gasteiger charge is 2.25. The molecule has 0 amide bonds. The van der Waals surface area contributed by atoms with Gasteiger partial charge in [-0.15, -0.1) is 15.7 Å². The van der Waals surface area contributed by atoms with Crippen LogP contribution >= 0.6 is 11.3 Å². The fourth-order valence-electron chi connectivity index (χ4n) is 2.51. The Balaban J connectivity index is 1.45. The fourth-order valence-corrected chi connectivity index (χ4v) is 4.36. The molecule has 1 aromatic carbocycles. The van der Waals surface area contributed by atoms with Gasteiger partial charge in [0.1, 0.15) is 17.5 Å². The second-order valence-corrected chi connectivity index (χ2v) is 8.37. The second-order valence-electron chi connectivity index (χ2n) is 5.50. The van der Waals surface area contributed by atoms with Crippen molar-refractivity contribution in [3.8, 4) is 0 Å². The van der Waals surface area contributed by atoms with E-state index in [1.165, 1.54) is 23.5 Å². The van der Waals surface area contributed by atoms with Gasteiger partial charge in [0, 0.05) is 12.7 Å². The predicted molar refractivity (Wildman–Crippen MR) is 94.6 cm³/mol. The maximum atomic E-state index is 12.2.